The molecule has 1 heterocycles. The van der Waals surface area contributed by atoms with Crippen LogP contribution in [0.4, 0.5) is 0 Å². The van der Waals surface area contributed by atoms with E-state index in [1.54, 1.807) is 30.5 Å². The van der Waals surface area contributed by atoms with Crippen LogP contribution in [-0.4, -0.2) is 16.0 Å². The van der Waals surface area contributed by atoms with Crippen LogP contribution in [-0.2, 0) is 11.3 Å². The molecule has 5 heteroatoms. The van der Waals surface area contributed by atoms with Gasteiger partial charge in [-0.1, -0.05) is 29.8 Å². The highest BCUT2D eigenvalue weighted by Gasteiger charge is 2.19. The molecule has 1 atom stereocenters. The fourth-order valence-electron chi connectivity index (χ4n) is 1.84. The Bertz CT molecular complexity index is 616. The number of hydrogen-bond acceptors (Lipinski definition) is 3. The zero-order valence-electron chi connectivity index (χ0n) is 11.0. The molecule has 2 rings (SSSR count). The number of nitrogens with zero attached hydrogens (tertiary/aromatic N) is 1. The Hall–Kier alpha value is -1.91. The number of hydrogen-bond donors (Lipinski definition) is 2. The van der Waals surface area contributed by atoms with Gasteiger partial charge in [0, 0.05) is 29.0 Å². The largest absolute Gasteiger partial charge is 0.378 e. The summed E-state index contributed by atoms with van der Waals surface area (Å²) in [5.41, 5.74) is 2.21. The summed E-state index contributed by atoms with van der Waals surface area (Å²) >= 11 is 5.95. The Labute approximate surface area is 122 Å². The van der Waals surface area contributed by atoms with E-state index >= 15 is 0 Å². The number of aliphatic hydroxyl groups excluding tert-OH is 1. The molecule has 0 saturated carbocycles. The first kappa shape index (κ1) is 14.5. The number of benzene rings is 1. The van der Waals surface area contributed by atoms with E-state index in [0.29, 0.717) is 17.1 Å². The van der Waals surface area contributed by atoms with Crippen molar-refractivity contribution in [1.29, 1.82) is 0 Å². The summed E-state index contributed by atoms with van der Waals surface area (Å²) in [4.78, 5) is 16.0. The van der Waals surface area contributed by atoms with Crippen molar-refractivity contribution >= 4 is 17.5 Å². The minimum atomic E-state index is -1.27. The Kier molecular flexibility index (Phi) is 4.71. The van der Waals surface area contributed by atoms with Gasteiger partial charge >= 0.3 is 0 Å². The zero-order valence-corrected chi connectivity index (χ0v) is 11.8. The molecule has 0 bridgehead atoms. The quantitative estimate of drug-likeness (QED) is 0.909. The van der Waals surface area contributed by atoms with Crippen LogP contribution in [0.15, 0.2) is 42.6 Å². The maximum atomic E-state index is 11.9. The van der Waals surface area contributed by atoms with Crippen molar-refractivity contribution in [3.05, 3.63) is 64.4 Å². The van der Waals surface area contributed by atoms with Gasteiger partial charge in [-0.15, -0.1) is 0 Å². The van der Waals surface area contributed by atoms with Gasteiger partial charge in [-0.2, -0.15) is 0 Å². The lowest BCUT2D eigenvalue weighted by molar-refractivity contribution is -0.129. The second-order valence-corrected chi connectivity index (χ2v) is 4.85. The normalized spacial score (nSPS) is 11.9. The molecule has 1 amide bonds. The van der Waals surface area contributed by atoms with E-state index < -0.39 is 12.0 Å². The van der Waals surface area contributed by atoms with E-state index in [1.165, 1.54) is 0 Å². The monoisotopic (exact) mass is 290 g/mol. The highest BCUT2D eigenvalue weighted by molar-refractivity contribution is 6.31. The first-order valence-electron chi connectivity index (χ1n) is 6.19. The lowest BCUT2D eigenvalue weighted by atomic mass is 10.1. The second-order valence-electron chi connectivity index (χ2n) is 4.45. The first-order chi connectivity index (χ1) is 9.58. The number of nitrogens with one attached hydrogen (secondary N) is 1. The predicted molar refractivity (Wildman–Crippen MR) is 77.2 cm³/mol. The van der Waals surface area contributed by atoms with Gasteiger partial charge in [-0.05, 0) is 30.7 Å². The smallest absolute Gasteiger partial charge is 0.253 e. The fourth-order valence-corrected chi connectivity index (χ4v) is 2.08. The molecule has 0 unspecified atom stereocenters. The van der Waals surface area contributed by atoms with Crippen molar-refractivity contribution < 1.29 is 9.90 Å². The highest BCUT2D eigenvalue weighted by atomic mass is 35.5. The summed E-state index contributed by atoms with van der Waals surface area (Å²) in [6.45, 7) is 2.22. The van der Waals surface area contributed by atoms with Gasteiger partial charge in [-0.3, -0.25) is 9.78 Å². The Morgan fingerprint density at radius 1 is 1.40 bits per heavy atom. The van der Waals surface area contributed by atoms with Crippen molar-refractivity contribution in [1.82, 2.24) is 10.3 Å². The number of rotatable bonds is 4. The van der Waals surface area contributed by atoms with E-state index in [1.807, 2.05) is 19.1 Å². The maximum absolute atomic E-state index is 11.9. The van der Waals surface area contributed by atoms with Crippen LogP contribution in [0, 0.1) is 6.92 Å². The number of halogens is 1. The molecule has 104 valence electrons. The molecule has 0 saturated heterocycles. The molecular formula is C15H15ClN2O2. The van der Waals surface area contributed by atoms with Crippen LogP contribution in [0.25, 0.3) is 0 Å². The van der Waals surface area contributed by atoms with E-state index in [9.17, 15) is 9.90 Å². The van der Waals surface area contributed by atoms with Crippen LogP contribution in [0.3, 0.4) is 0 Å². The molecule has 2 N–H and O–H groups in total. The van der Waals surface area contributed by atoms with E-state index in [4.69, 9.17) is 11.6 Å². The first-order valence-corrected chi connectivity index (χ1v) is 6.57. The minimum Gasteiger partial charge on any atom is -0.378 e. The molecule has 0 spiro atoms. The number of aryl methyl sites for hydroxylation is 1. The second kappa shape index (κ2) is 6.50. The van der Waals surface area contributed by atoms with E-state index in [0.717, 1.165) is 11.3 Å². The van der Waals surface area contributed by atoms with Crippen molar-refractivity contribution in [3.8, 4) is 0 Å². The molecular weight excluding hydrogens is 276 g/mol. The average molecular weight is 291 g/mol. The van der Waals surface area contributed by atoms with Crippen molar-refractivity contribution in [3.63, 3.8) is 0 Å². The van der Waals surface area contributed by atoms with Crippen molar-refractivity contribution in [2.75, 3.05) is 0 Å². The van der Waals surface area contributed by atoms with Crippen molar-refractivity contribution in [2.45, 2.75) is 19.6 Å². The maximum Gasteiger partial charge on any atom is 0.253 e. The molecule has 2 aromatic rings. The molecule has 0 aliphatic heterocycles. The van der Waals surface area contributed by atoms with Crippen LogP contribution in [0.5, 0.6) is 0 Å². The third-order valence-electron chi connectivity index (χ3n) is 2.88. The standard InChI is InChI=1S/C15H15ClN2O2/c1-10-8-11(6-7-17-10)9-18-15(20)14(19)12-4-2-3-5-13(12)16/h2-8,14,19H,9H2,1H3,(H,18,20)/t14-/m0/s1. The lowest BCUT2D eigenvalue weighted by Gasteiger charge is -2.13. The molecule has 0 aliphatic rings. The molecule has 0 aliphatic carbocycles. The van der Waals surface area contributed by atoms with E-state index in [-0.39, 0.29) is 0 Å². The van der Waals surface area contributed by atoms with Gasteiger partial charge in [0.05, 0.1) is 0 Å². The van der Waals surface area contributed by atoms with Crippen LogP contribution < -0.4 is 5.32 Å². The van der Waals surface area contributed by atoms with E-state index in [2.05, 4.69) is 10.3 Å². The van der Waals surface area contributed by atoms with Crippen LogP contribution in [0.1, 0.15) is 22.9 Å². The summed E-state index contributed by atoms with van der Waals surface area (Å²) in [5, 5.41) is 13.0. The minimum absolute atomic E-state index is 0.337. The summed E-state index contributed by atoms with van der Waals surface area (Å²) in [7, 11) is 0. The molecule has 1 aromatic heterocycles. The Morgan fingerprint density at radius 3 is 2.85 bits per heavy atom. The SMILES string of the molecule is Cc1cc(CNC(=O)[C@@H](O)c2ccccc2Cl)ccn1. The van der Waals surface area contributed by atoms with Gasteiger partial charge in [0.2, 0.25) is 0 Å². The highest BCUT2D eigenvalue weighted by Crippen LogP contribution is 2.22. The van der Waals surface area contributed by atoms with Gasteiger partial charge in [-0.25, -0.2) is 0 Å². The zero-order chi connectivity index (χ0) is 14.5. The van der Waals surface area contributed by atoms with Crippen molar-refractivity contribution in [2.24, 2.45) is 0 Å². The number of carbonyl (C=O) groups is 1. The number of amides is 1. The molecule has 0 radical (unpaired) electrons. The van der Waals surface area contributed by atoms with Crippen LogP contribution >= 0.6 is 11.6 Å². The predicted octanol–water partition coefficient (Wildman–Crippen LogP) is 2.39. The lowest BCUT2D eigenvalue weighted by Crippen LogP contribution is -2.29. The summed E-state index contributed by atoms with van der Waals surface area (Å²) < 4.78 is 0. The summed E-state index contributed by atoms with van der Waals surface area (Å²) in [5.74, 6) is -0.479. The van der Waals surface area contributed by atoms with Gasteiger partial charge < -0.3 is 10.4 Å². The number of carbonyl (C=O) groups excluding carboxylic acids is 1. The molecule has 20 heavy (non-hydrogen) atoms. The number of aromatic nitrogens is 1. The third-order valence-corrected chi connectivity index (χ3v) is 3.22. The van der Waals surface area contributed by atoms with Crippen LogP contribution in [0.2, 0.25) is 5.02 Å². The molecule has 4 nitrogen and oxygen atoms in total. The van der Waals surface area contributed by atoms with Gasteiger partial charge in [0.1, 0.15) is 0 Å². The summed E-state index contributed by atoms with van der Waals surface area (Å²) in [6.07, 6.45) is 0.410. The summed E-state index contributed by atoms with van der Waals surface area (Å²) in [6, 6.07) is 10.4. The third kappa shape index (κ3) is 3.56. The average Bonchev–Trinajstić information content (AvgIpc) is 2.44. The Morgan fingerprint density at radius 2 is 2.15 bits per heavy atom. The molecule has 1 aromatic carbocycles. The van der Waals surface area contributed by atoms with Gasteiger partial charge in [0.15, 0.2) is 6.10 Å². The van der Waals surface area contributed by atoms with Gasteiger partial charge in [0.25, 0.3) is 5.91 Å². The topological polar surface area (TPSA) is 62.2 Å². The Balaban J connectivity index is 2.00. The molecule has 0 fully saturated rings. The fraction of sp³-hybridized carbons (Fsp3) is 0.200. The number of pyridine rings is 1. The number of aliphatic hydroxyl groups is 1.